The molecule has 1 aliphatic heterocycles. The van der Waals surface area contributed by atoms with E-state index in [2.05, 4.69) is 5.16 Å². The lowest BCUT2D eigenvalue weighted by atomic mass is 9.97. The lowest BCUT2D eigenvalue weighted by molar-refractivity contribution is -0.145. The standard InChI is InChI=1S/C17H25N3O5/c1-10(2)15-14(11(3)18-25-15)16(22)19(4)9-13(21)20-7-5-12(6-8-20)17(23)24/h10,12H,5-9H2,1-4H3,(H,23,24). The van der Waals surface area contributed by atoms with Crippen LogP contribution in [0.4, 0.5) is 0 Å². The maximum absolute atomic E-state index is 12.7. The zero-order valence-corrected chi connectivity index (χ0v) is 15.1. The minimum atomic E-state index is -0.816. The van der Waals surface area contributed by atoms with Crippen LogP contribution >= 0.6 is 0 Å². The lowest BCUT2D eigenvalue weighted by Crippen LogP contribution is -2.45. The Bertz CT molecular complexity index is 659. The third-order valence-corrected chi connectivity index (χ3v) is 4.54. The largest absolute Gasteiger partial charge is 0.481 e. The zero-order valence-electron chi connectivity index (χ0n) is 15.1. The third kappa shape index (κ3) is 4.18. The summed E-state index contributed by atoms with van der Waals surface area (Å²) in [7, 11) is 1.57. The molecule has 138 valence electrons. The molecular formula is C17H25N3O5. The predicted octanol–water partition coefficient (Wildman–Crippen LogP) is 1.50. The van der Waals surface area contributed by atoms with Crippen molar-refractivity contribution in [3.8, 4) is 0 Å². The summed E-state index contributed by atoms with van der Waals surface area (Å²) in [5.74, 6) is -1.15. The van der Waals surface area contributed by atoms with E-state index in [-0.39, 0.29) is 24.3 Å². The smallest absolute Gasteiger partial charge is 0.306 e. The molecule has 25 heavy (non-hydrogen) atoms. The van der Waals surface area contributed by atoms with Crippen LogP contribution in [0.25, 0.3) is 0 Å². The van der Waals surface area contributed by atoms with Gasteiger partial charge in [-0.25, -0.2) is 0 Å². The number of rotatable bonds is 5. The number of carbonyl (C=O) groups excluding carboxylic acids is 2. The summed E-state index contributed by atoms with van der Waals surface area (Å²) in [6, 6.07) is 0. The first kappa shape index (κ1) is 19.0. The number of likely N-dealkylation sites (N-methyl/N-ethyl adjacent to an activating group) is 1. The minimum Gasteiger partial charge on any atom is -0.481 e. The first-order chi connectivity index (χ1) is 11.7. The second-order valence-corrected chi connectivity index (χ2v) is 6.82. The highest BCUT2D eigenvalue weighted by atomic mass is 16.5. The van der Waals surface area contributed by atoms with Gasteiger partial charge in [-0.05, 0) is 19.8 Å². The number of aryl methyl sites for hydroxylation is 1. The van der Waals surface area contributed by atoms with E-state index in [1.807, 2.05) is 13.8 Å². The number of carboxylic acid groups (broad SMARTS) is 1. The molecule has 1 aromatic heterocycles. The number of amides is 2. The molecule has 0 atom stereocenters. The van der Waals surface area contributed by atoms with Crippen LogP contribution in [0, 0.1) is 12.8 Å². The van der Waals surface area contributed by atoms with Gasteiger partial charge >= 0.3 is 5.97 Å². The van der Waals surface area contributed by atoms with Gasteiger partial charge in [-0.2, -0.15) is 0 Å². The van der Waals surface area contributed by atoms with Gasteiger partial charge in [0, 0.05) is 26.1 Å². The van der Waals surface area contributed by atoms with Crippen LogP contribution in [0.3, 0.4) is 0 Å². The highest BCUT2D eigenvalue weighted by Crippen LogP contribution is 2.23. The average molecular weight is 351 g/mol. The second kappa shape index (κ2) is 7.67. The molecule has 1 N–H and O–H groups in total. The molecule has 2 heterocycles. The normalized spacial score (nSPS) is 15.5. The maximum atomic E-state index is 12.7. The second-order valence-electron chi connectivity index (χ2n) is 6.82. The van der Waals surface area contributed by atoms with E-state index >= 15 is 0 Å². The fourth-order valence-corrected chi connectivity index (χ4v) is 2.98. The quantitative estimate of drug-likeness (QED) is 0.862. The van der Waals surface area contributed by atoms with Crippen molar-refractivity contribution in [2.75, 3.05) is 26.7 Å². The van der Waals surface area contributed by atoms with Crippen LogP contribution in [0.2, 0.25) is 0 Å². The van der Waals surface area contributed by atoms with Gasteiger partial charge in [0.25, 0.3) is 5.91 Å². The number of hydrogen-bond acceptors (Lipinski definition) is 5. The number of carbonyl (C=O) groups is 3. The summed E-state index contributed by atoms with van der Waals surface area (Å²) in [5.41, 5.74) is 0.921. The van der Waals surface area contributed by atoms with Gasteiger partial charge in [0.15, 0.2) is 5.76 Å². The first-order valence-corrected chi connectivity index (χ1v) is 8.44. The monoisotopic (exact) mass is 351 g/mol. The summed E-state index contributed by atoms with van der Waals surface area (Å²) < 4.78 is 5.24. The Labute approximate surface area is 146 Å². The summed E-state index contributed by atoms with van der Waals surface area (Å²) in [5, 5.41) is 12.9. The molecule has 2 amide bonds. The van der Waals surface area contributed by atoms with E-state index < -0.39 is 11.9 Å². The van der Waals surface area contributed by atoms with Crippen molar-refractivity contribution in [2.24, 2.45) is 5.92 Å². The van der Waals surface area contributed by atoms with Gasteiger partial charge in [0.05, 0.1) is 18.2 Å². The fraction of sp³-hybridized carbons (Fsp3) is 0.647. The van der Waals surface area contributed by atoms with Gasteiger partial charge in [0.2, 0.25) is 5.91 Å². The Morgan fingerprint density at radius 1 is 1.32 bits per heavy atom. The zero-order chi connectivity index (χ0) is 18.7. The van der Waals surface area contributed by atoms with Gasteiger partial charge in [0.1, 0.15) is 5.56 Å². The molecule has 0 spiro atoms. The molecule has 0 radical (unpaired) electrons. The number of likely N-dealkylation sites (tertiary alicyclic amines) is 1. The van der Waals surface area contributed by atoms with E-state index in [1.165, 1.54) is 4.90 Å². The van der Waals surface area contributed by atoms with Crippen molar-refractivity contribution in [1.29, 1.82) is 0 Å². The third-order valence-electron chi connectivity index (χ3n) is 4.54. The molecule has 0 unspecified atom stereocenters. The van der Waals surface area contributed by atoms with Crippen LogP contribution in [-0.2, 0) is 9.59 Å². The molecule has 2 rings (SSSR count). The summed E-state index contributed by atoms with van der Waals surface area (Å²) in [4.78, 5) is 39.1. The number of aromatic nitrogens is 1. The average Bonchev–Trinajstić information content (AvgIpc) is 2.95. The van der Waals surface area contributed by atoms with E-state index in [4.69, 9.17) is 9.63 Å². The summed E-state index contributed by atoms with van der Waals surface area (Å²) in [6.07, 6.45) is 0.891. The van der Waals surface area contributed by atoms with Crippen molar-refractivity contribution in [3.05, 3.63) is 17.0 Å². The van der Waals surface area contributed by atoms with Crippen molar-refractivity contribution >= 4 is 17.8 Å². The van der Waals surface area contributed by atoms with E-state index in [0.717, 1.165) is 0 Å². The van der Waals surface area contributed by atoms with E-state index in [9.17, 15) is 14.4 Å². The Kier molecular flexibility index (Phi) is 5.81. The van der Waals surface area contributed by atoms with Crippen LogP contribution in [-0.4, -0.2) is 64.5 Å². The number of aliphatic carboxylic acids is 1. The Morgan fingerprint density at radius 2 is 1.92 bits per heavy atom. The predicted molar refractivity (Wildman–Crippen MR) is 89.2 cm³/mol. The summed E-state index contributed by atoms with van der Waals surface area (Å²) in [6.45, 7) is 6.28. The van der Waals surface area contributed by atoms with Gasteiger partial charge < -0.3 is 19.4 Å². The van der Waals surface area contributed by atoms with E-state index in [1.54, 1.807) is 18.9 Å². The number of nitrogens with zero attached hydrogens (tertiary/aromatic N) is 3. The molecule has 8 heteroatoms. The molecule has 0 bridgehead atoms. The Hall–Kier alpha value is -2.38. The Balaban J connectivity index is 1.99. The van der Waals surface area contributed by atoms with Crippen molar-refractivity contribution in [2.45, 2.75) is 39.5 Å². The highest BCUT2D eigenvalue weighted by Gasteiger charge is 2.30. The van der Waals surface area contributed by atoms with Gasteiger partial charge in [-0.3, -0.25) is 14.4 Å². The fourth-order valence-electron chi connectivity index (χ4n) is 2.98. The topological polar surface area (TPSA) is 104 Å². The molecule has 1 fully saturated rings. The van der Waals surface area contributed by atoms with Gasteiger partial charge in [-0.15, -0.1) is 0 Å². The van der Waals surface area contributed by atoms with Crippen LogP contribution in [0.15, 0.2) is 4.52 Å². The Morgan fingerprint density at radius 3 is 2.44 bits per heavy atom. The molecule has 0 aliphatic carbocycles. The SMILES string of the molecule is Cc1noc(C(C)C)c1C(=O)N(C)CC(=O)N1CCC(C(=O)O)CC1. The minimum absolute atomic E-state index is 0.0132. The molecule has 8 nitrogen and oxygen atoms in total. The molecule has 0 aromatic carbocycles. The maximum Gasteiger partial charge on any atom is 0.306 e. The molecule has 1 saturated heterocycles. The molecule has 1 aromatic rings. The first-order valence-electron chi connectivity index (χ1n) is 8.44. The number of piperidine rings is 1. The van der Waals surface area contributed by atoms with Crippen molar-refractivity contribution < 1.29 is 24.0 Å². The number of carboxylic acids is 1. The van der Waals surface area contributed by atoms with E-state index in [0.29, 0.717) is 42.9 Å². The molecule has 0 saturated carbocycles. The number of hydrogen-bond donors (Lipinski definition) is 1. The summed E-state index contributed by atoms with van der Waals surface area (Å²) >= 11 is 0. The highest BCUT2D eigenvalue weighted by molar-refractivity contribution is 5.98. The van der Waals surface area contributed by atoms with Crippen molar-refractivity contribution in [3.63, 3.8) is 0 Å². The molecular weight excluding hydrogens is 326 g/mol. The van der Waals surface area contributed by atoms with Crippen LogP contribution in [0.5, 0.6) is 0 Å². The van der Waals surface area contributed by atoms with Gasteiger partial charge in [-0.1, -0.05) is 19.0 Å². The van der Waals surface area contributed by atoms with Crippen LogP contribution < -0.4 is 0 Å². The van der Waals surface area contributed by atoms with Crippen LogP contribution in [0.1, 0.15) is 54.4 Å². The lowest BCUT2D eigenvalue weighted by Gasteiger charge is -2.31. The van der Waals surface area contributed by atoms with Crippen molar-refractivity contribution in [1.82, 2.24) is 15.0 Å². The molecule has 1 aliphatic rings.